The third kappa shape index (κ3) is 3.03. The molecule has 0 saturated heterocycles. The molecule has 0 unspecified atom stereocenters. The van der Waals surface area contributed by atoms with E-state index >= 15 is 0 Å². The molecule has 1 fully saturated rings. The van der Waals surface area contributed by atoms with Gasteiger partial charge in [-0.25, -0.2) is 4.98 Å². The quantitative estimate of drug-likeness (QED) is 0.682. The highest BCUT2D eigenvalue weighted by atomic mass is 16.7. The molecule has 2 heterocycles. The lowest BCUT2D eigenvalue weighted by molar-refractivity contribution is -0.118. The highest BCUT2D eigenvalue weighted by Crippen LogP contribution is 2.51. The highest BCUT2D eigenvalue weighted by molar-refractivity contribution is 6.01. The van der Waals surface area contributed by atoms with E-state index in [-0.39, 0.29) is 14.1 Å². The number of pyridine rings is 1. The summed E-state index contributed by atoms with van der Waals surface area (Å²) in [4.78, 5) is 17.5. The third-order valence-corrected chi connectivity index (χ3v) is 5.88. The van der Waals surface area contributed by atoms with Gasteiger partial charge in [0.2, 0.25) is 12.7 Å². The van der Waals surface area contributed by atoms with E-state index in [4.69, 9.17) is 9.47 Å². The van der Waals surface area contributed by atoms with Crippen molar-refractivity contribution in [2.75, 3.05) is 12.1 Å². The molecule has 29 heavy (non-hydrogen) atoms. The number of ether oxygens (including phenoxy) is 2. The Hall–Kier alpha value is -3.34. The molecule has 1 saturated carbocycles. The second kappa shape index (κ2) is 6.62. The van der Waals surface area contributed by atoms with Crippen molar-refractivity contribution in [1.82, 2.24) is 4.98 Å². The minimum atomic E-state index is -0.506. The topological polar surface area (TPSA) is 60.5 Å². The van der Waals surface area contributed by atoms with Gasteiger partial charge >= 0.3 is 0 Å². The second-order valence-electron chi connectivity index (χ2n) is 7.80. The lowest BCUT2D eigenvalue weighted by Gasteiger charge is -2.16. The Morgan fingerprint density at radius 1 is 1.03 bits per heavy atom. The van der Waals surface area contributed by atoms with Crippen molar-refractivity contribution >= 4 is 11.7 Å². The predicted molar refractivity (Wildman–Crippen MR) is 113 cm³/mol. The minimum absolute atomic E-state index is 0. The molecule has 0 spiro atoms. The monoisotopic (exact) mass is 388 g/mol. The number of carbonyl (C=O) groups is 1. The average molecular weight is 388 g/mol. The van der Waals surface area contributed by atoms with E-state index in [2.05, 4.69) is 42.3 Å². The van der Waals surface area contributed by atoms with Crippen LogP contribution in [0.5, 0.6) is 11.5 Å². The Bertz CT molecular complexity index is 1090. The minimum Gasteiger partial charge on any atom is -0.454 e. The first-order valence-corrected chi connectivity index (χ1v) is 9.81. The Morgan fingerprint density at radius 2 is 1.79 bits per heavy atom. The predicted octanol–water partition coefficient (Wildman–Crippen LogP) is 5.01. The van der Waals surface area contributed by atoms with E-state index in [1.165, 1.54) is 16.7 Å². The normalized spacial score (nSPS) is 15.8. The molecule has 5 nitrogen and oxygen atoms in total. The van der Waals surface area contributed by atoms with Gasteiger partial charge in [-0.05, 0) is 73.2 Å². The largest absolute Gasteiger partial charge is 0.454 e. The van der Waals surface area contributed by atoms with E-state index in [1.54, 1.807) is 0 Å². The average Bonchev–Trinajstić information content (AvgIpc) is 3.40. The molecule has 5 heteroatoms. The molecule has 0 radical (unpaired) electrons. The van der Waals surface area contributed by atoms with Gasteiger partial charge in [-0.3, -0.25) is 4.79 Å². The summed E-state index contributed by atoms with van der Waals surface area (Å²) in [7, 11) is 0. The first-order chi connectivity index (χ1) is 14.1. The molecule has 0 atom stereocenters. The fraction of sp³-hybridized carbons (Fsp3) is 0.250. The van der Waals surface area contributed by atoms with Crippen LogP contribution in [0.25, 0.3) is 11.1 Å². The van der Waals surface area contributed by atoms with Crippen LogP contribution >= 0.6 is 0 Å². The van der Waals surface area contributed by atoms with Crippen molar-refractivity contribution in [3.05, 3.63) is 71.4 Å². The standard InChI is InChI=1S/C24H22N2O3.H2/c1-15-4-3-5-16(2)22(15)17-6-9-21(25-13-17)26-23(27)24(10-11-24)18-7-8-19-20(12-18)29-14-28-19;/h3-9,12-13H,10-11,14H2,1-2H3,(H,25,26,27);1H. The van der Waals surface area contributed by atoms with Crippen molar-refractivity contribution in [3.8, 4) is 22.6 Å². The summed E-state index contributed by atoms with van der Waals surface area (Å²) < 4.78 is 10.8. The summed E-state index contributed by atoms with van der Waals surface area (Å²) in [5, 5.41) is 3.00. The Morgan fingerprint density at radius 3 is 2.48 bits per heavy atom. The van der Waals surface area contributed by atoms with Gasteiger partial charge in [-0.2, -0.15) is 0 Å². The molecule has 1 aromatic heterocycles. The number of anilines is 1. The smallest absolute Gasteiger partial charge is 0.236 e. The van der Waals surface area contributed by atoms with E-state index in [0.717, 1.165) is 29.7 Å². The van der Waals surface area contributed by atoms with Gasteiger partial charge in [0.15, 0.2) is 11.5 Å². The van der Waals surface area contributed by atoms with Gasteiger partial charge in [-0.1, -0.05) is 24.3 Å². The van der Waals surface area contributed by atoms with Crippen LogP contribution in [-0.4, -0.2) is 17.7 Å². The molecular weight excluding hydrogens is 364 g/mol. The Labute approximate surface area is 171 Å². The van der Waals surface area contributed by atoms with Crippen molar-refractivity contribution < 1.29 is 15.7 Å². The Kier molecular flexibility index (Phi) is 4.05. The Balaban J connectivity index is 0.00000218. The van der Waals surface area contributed by atoms with Crippen molar-refractivity contribution in [1.29, 1.82) is 0 Å². The van der Waals surface area contributed by atoms with Crippen LogP contribution in [0.15, 0.2) is 54.7 Å². The van der Waals surface area contributed by atoms with Gasteiger partial charge in [0.05, 0.1) is 5.41 Å². The summed E-state index contributed by atoms with van der Waals surface area (Å²) in [6.45, 7) is 4.43. The van der Waals surface area contributed by atoms with E-state index in [1.807, 2.05) is 36.5 Å². The summed E-state index contributed by atoms with van der Waals surface area (Å²) >= 11 is 0. The van der Waals surface area contributed by atoms with Gasteiger partial charge in [0.1, 0.15) is 5.82 Å². The molecule has 1 aliphatic heterocycles. The molecule has 2 aliphatic rings. The van der Waals surface area contributed by atoms with Gasteiger partial charge in [0, 0.05) is 13.2 Å². The number of benzene rings is 2. The zero-order valence-corrected chi connectivity index (χ0v) is 16.5. The molecule has 1 N–H and O–H groups in total. The number of fused-ring (bicyclic) bond motifs is 1. The van der Waals surface area contributed by atoms with Gasteiger partial charge in [0.25, 0.3) is 0 Å². The second-order valence-corrected chi connectivity index (χ2v) is 7.80. The number of aromatic nitrogens is 1. The first kappa shape index (κ1) is 17.7. The number of hydrogen-bond acceptors (Lipinski definition) is 4. The number of rotatable bonds is 4. The summed E-state index contributed by atoms with van der Waals surface area (Å²) in [6.07, 6.45) is 3.46. The SMILES string of the molecule is Cc1cccc(C)c1-c1ccc(NC(=O)C2(c3ccc4c(c3)OCO4)CC2)nc1.[HH]. The zero-order chi connectivity index (χ0) is 20.0. The van der Waals surface area contributed by atoms with E-state index in [0.29, 0.717) is 11.6 Å². The van der Waals surface area contributed by atoms with Crippen LogP contribution < -0.4 is 14.8 Å². The number of nitrogens with one attached hydrogen (secondary N) is 1. The summed E-state index contributed by atoms with van der Waals surface area (Å²) in [5.41, 5.74) is 5.12. The molecule has 1 amide bonds. The van der Waals surface area contributed by atoms with Crippen molar-refractivity contribution in [3.63, 3.8) is 0 Å². The van der Waals surface area contributed by atoms with Crippen LogP contribution in [0.3, 0.4) is 0 Å². The molecule has 0 bridgehead atoms. The van der Waals surface area contributed by atoms with Crippen molar-refractivity contribution in [2.24, 2.45) is 0 Å². The lowest BCUT2D eigenvalue weighted by Crippen LogP contribution is -2.28. The van der Waals surface area contributed by atoms with Gasteiger partial charge in [-0.15, -0.1) is 0 Å². The van der Waals surface area contributed by atoms with Crippen LogP contribution in [0.1, 0.15) is 31.0 Å². The highest BCUT2D eigenvalue weighted by Gasteiger charge is 2.51. The maximum atomic E-state index is 13.0. The number of nitrogens with zero attached hydrogens (tertiary/aromatic N) is 1. The zero-order valence-electron chi connectivity index (χ0n) is 16.5. The molecule has 1 aliphatic carbocycles. The fourth-order valence-electron chi connectivity index (χ4n) is 4.09. The van der Waals surface area contributed by atoms with E-state index < -0.39 is 5.41 Å². The maximum Gasteiger partial charge on any atom is 0.236 e. The van der Waals surface area contributed by atoms with Gasteiger partial charge < -0.3 is 14.8 Å². The number of hydrogen-bond donors (Lipinski definition) is 1. The molecule has 3 aromatic rings. The first-order valence-electron chi connectivity index (χ1n) is 9.81. The number of amides is 1. The third-order valence-electron chi connectivity index (χ3n) is 5.88. The van der Waals surface area contributed by atoms with Crippen LogP contribution in [0, 0.1) is 13.8 Å². The number of aryl methyl sites for hydroxylation is 2. The van der Waals surface area contributed by atoms with Crippen LogP contribution in [0.4, 0.5) is 5.82 Å². The fourth-order valence-corrected chi connectivity index (χ4v) is 4.09. The summed E-state index contributed by atoms with van der Waals surface area (Å²) in [6, 6.07) is 15.9. The maximum absolute atomic E-state index is 13.0. The molecule has 5 rings (SSSR count). The molecular formula is C24H24N2O3. The molecule has 148 valence electrons. The van der Waals surface area contributed by atoms with Crippen molar-refractivity contribution in [2.45, 2.75) is 32.1 Å². The molecule has 2 aromatic carbocycles. The summed E-state index contributed by atoms with van der Waals surface area (Å²) in [5.74, 6) is 1.98. The van der Waals surface area contributed by atoms with Crippen LogP contribution in [-0.2, 0) is 10.2 Å². The lowest BCUT2D eigenvalue weighted by atomic mass is 9.94. The van der Waals surface area contributed by atoms with Crippen LogP contribution in [0.2, 0.25) is 0 Å². The van der Waals surface area contributed by atoms with E-state index in [9.17, 15) is 4.79 Å². The number of carbonyl (C=O) groups excluding carboxylic acids is 1.